The van der Waals surface area contributed by atoms with E-state index >= 15 is 0 Å². The summed E-state index contributed by atoms with van der Waals surface area (Å²) in [6, 6.07) is -0.201. The number of morpholine rings is 1. The predicted octanol–water partition coefficient (Wildman–Crippen LogP) is 1.25. The van der Waals surface area contributed by atoms with Crippen LogP contribution in [0, 0.1) is 5.92 Å². The zero-order valence-electron chi connectivity index (χ0n) is 21.5. The Hall–Kier alpha value is -2.76. The molecule has 1 aliphatic carbocycles. The first-order chi connectivity index (χ1) is 17.3. The van der Waals surface area contributed by atoms with Gasteiger partial charge in [0, 0.05) is 49.7 Å². The van der Waals surface area contributed by atoms with Crippen LogP contribution in [0.4, 0.5) is 17.7 Å². The number of fused-ring (bicyclic) bond motifs is 1. The van der Waals surface area contributed by atoms with Crippen LogP contribution < -0.4 is 21.3 Å². The molecule has 11 nitrogen and oxygen atoms in total. The maximum atomic E-state index is 13.1. The van der Waals surface area contributed by atoms with Crippen LogP contribution in [-0.4, -0.2) is 87.8 Å². The van der Waals surface area contributed by atoms with Crippen LogP contribution in [0.1, 0.15) is 38.7 Å². The van der Waals surface area contributed by atoms with E-state index in [4.69, 9.17) is 26.2 Å². The van der Waals surface area contributed by atoms with Crippen molar-refractivity contribution in [1.29, 1.82) is 0 Å². The van der Waals surface area contributed by atoms with Gasteiger partial charge in [-0.2, -0.15) is 4.98 Å². The second-order valence-corrected chi connectivity index (χ2v) is 10.9. The van der Waals surface area contributed by atoms with Gasteiger partial charge in [-0.05, 0) is 45.4 Å². The van der Waals surface area contributed by atoms with Crippen molar-refractivity contribution in [2.45, 2.75) is 57.2 Å². The molecule has 4 N–H and O–H groups in total. The third-order valence-electron chi connectivity index (χ3n) is 8.21. The van der Waals surface area contributed by atoms with E-state index in [0.717, 1.165) is 68.0 Å². The van der Waals surface area contributed by atoms with Gasteiger partial charge in [-0.1, -0.05) is 0 Å². The Balaban J connectivity index is 0.00000280. The molecular weight excluding hydrogens is 494 g/mol. The summed E-state index contributed by atoms with van der Waals surface area (Å²) in [7, 11) is 0. The molecule has 0 spiro atoms. The molecule has 200 valence electrons. The van der Waals surface area contributed by atoms with Gasteiger partial charge in [0.2, 0.25) is 17.8 Å². The largest absolute Gasteiger partial charge is 0.377 e. The first kappa shape index (κ1) is 25.9. The van der Waals surface area contributed by atoms with Crippen molar-refractivity contribution in [1.82, 2.24) is 24.8 Å². The molecule has 4 aliphatic rings. The zero-order valence-corrected chi connectivity index (χ0v) is 22.3. The lowest BCUT2D eigenvalue weighted by Crippen LogP contribution is -2.51. The van der Waals surface area contributed by atoms with Gasteiger partial charge in [0.05, 0.1) is 36.5 Å². The minimum atomic E-state index is -0.368. The van der Waals surface area contributed by atoms with Crippen molar-refractivity contribution in [3.8, 4) is 11.3 Å². The Kier molecular flexibility index (Phi) is 6.88. The van der Waals surface area contributed by atoms with E-state index in [2.05, 4.69) is 33.6 Å². The van der Waals surface area contributed by atoms with Gasteiger partial charge in [-0.3, -0.25) is 4.79 Å². The van der Waals surface area contributed by atoms with E-state index in [0.29, 0.717) is 31.6 Å². The Morgan fingerprint density at radius 1 is 1.19 bits per heavy atom. The number of ether oxygens (including phenoxy) is 1. The van der Waals surface area contributed by atoms with E-state index in [1.807, 2.05) is 4.90 Å². The SMILES string of the molecule is C[C@H]1COCCN1c1nc(-c2cnc(N)nc2)c2c(n1)N([C@@]1(C)CCN(C(=O)[C@H](N)C3CC3)C1)CC2.Cl. The van der Waals surface area contributed by atoms with Crippen LogP contribution in [0.3, 0.4) is 0 Å². The molecule has 0 bridgehead atoms. The highest BCUT2D eigenvalue weighted by Crippen LogP contribution is 2.42. The maximum absolute atomic E-state index is 13.1. The van der Waals surface area contributed by atoms with E-state index in [1.54, 1.807) is 12.4 Å². The molecule has 6 rings (SSSR count). The Morgan fingerprint density at radius 3 is 2.65 bits per heavy atom. The summed E-state index contributed by atoms with van der Waals surface area (Å²) in [5.74, 6) is 2.31. The number of hydrogen-bond donors (Lipinski definition) is 2. The number of nitrogen functional groups attached to an aromatic ring is 1. The molecule has 3 atom stereocenters. The van der Waals surface area contributed by atoms with Crippen molar-refractivity contribution in [2.75, 3.05) is 54.9 Å². The summed E-state index contributed by atoms with van der Waals surface area (Å²) in [4.78, 5) is 38.2. The maximum Gasteiger partial charge on any atom is 0.239 e. The number of halogens is 1. The summed E-state index contributed by atoms with van der Waals surface area (Å²) in [5.41, 5.74) is 14.6. The number of aromatic nitrogens is 4. The first-order valence-corrected chi connectivity index (χ1v) is 13.0. The van der Waals surface area contributed by atoms with Crippen molar-refractivity contribution in [3.05, 3.63) is 18.0 Å². The Morgan fingerprint density at radius 2 is 1.95 bits per heavy atom. The highest BCUT2D eigenvalue weighted by molar-refractivity contribution is 5.85. The Labute approximate surface area is 223 Å². The topological polar surface area (TPSA) is 140 Å². The molecule has 3 fully saturated rings. The summed E-state index contributed by atoms with van der Waals surface area (Å²) < 4.78 is 5.66. The van der Waals surface area contributed by atoms with Crippen LogP contribution in [-0.2, 0) is 16.0 Å². The third-order valence-corrected chi connectivity index (χ3v) is 8.21. The van der Waals surface area contributed by atoms with E-state index in [9.17, 15) is 4.79 Å². The number of nitrogens with two attached hydrogens (primary N) is 2. The van der Waals surface area contributed by atoms with Crippen LogP contribution >= 0.6 is 12.4 Å². The lowest BCUT2D eigenvalue weighted by atomic mass is 9.99. The fourth-order valence-corrected chi connectivity index (χ4v) is 5.84. The molecule has 1 saturated carbocycles. The number of nitrogens with zero attached hydrogens (tertiary/aromatic N) is 7. The average molecular weight is 530 g/mol. The third kappa shape index (κ3) is 4.68. The van der Waals surface area contributed by atoms with E-state index in [-0.39, 0.29) is 41.9 Å². The second-order valence-electron chi connectivity index (χ2n) is 10.9. The molecule has 2 saturated heterocycles. The summed E-state index contributed by atoms with van der Waals surface area (Å²) >= 11 is 0. The van der Waals surface area contributed by atoms with Gasteiger partial charge < -0.3 is 30.9 Å². The molecule has 1 amide bonds. The predicted molar refractivity (Wildman–Crippen MR) is 144 cm³/mol. The standard InChI is InChI=1S/C25H35N9O2.ClH/c1-15-13-36-10-9-33(15)24-30-20(17-11-28-23(27)29-12-17)18-5-7-34(21(18)31-24)25(2)6-8-32(14-25)22(35)19(26)16-3-4-16;/h11-12,15-16,19H,3-10,13-14,26H2,1-2H3,(H2,27,28,29);1H/t15-,19+,25-;/m0./s1. The lowest BCUT2D eigenvalue weighted by Gasteiger charge is -2.38. The lowest BCUT2D eigenvalue weighted by molar-refractivity contribution is -0.132. The number of carbonyl (C=O) groups excluding carboxylic acids is 1. The minimum absolute atomic E-state index is 0. The molecule has 0 aromatic carbocycles. The van der Waals surface area contributed by atoms with Gasteiger partial charge in [0.1, 0.15) is 5.82 Å². The summed E-state index contributed by atoms with van der Waals surface area (Å²) in [6.45, 7) is 8.58. The van der Waals surface area contributed by atoms with E-state index in [1.165, 1.54) is 0 Å². The number of amides is 1. The van der Waals surface area contributed by atoms with Gasteiger partial charge in [-0.15, -0.1) is 12.4 Å². The molecule has 12 heteroatoms. The molecule has 2 aromatic rings. The molecule has 3 aliphatic heterocycles. The molecule has 0 radical (unpaired) electrons. The molecule has 5 heterocycles. The number of likely N-dealkylation sites (tertiary alicyclic amines) is 1. The number of carbonyl (C=O) groups is 1. The average Bonchev–Trinajstić information content (AvgIpc) is 3.52. The smallest absolute Gasteiger partial charge is 0.239 e. The minimum Gasteiger partial charge on any atom is -0.377 e. The van der Waals surface area contributed by atoms with Crippen molar-refractivity contribution in [2.24, 2.45) is 11.7 Å². The van der Waals surface area contributed by atoms with Gasteiger partial charge in [0.25, 0.3) is 0 Å². The van der Waals surface area contributed by atoms with Crippen LogP contribution in [0.2, 0.25) is 0 Å². The second kappa shape index (κ2) is 9.85. The monoisotopic (exact) mass is 529 g/mol. The zero-order chi connectivity index (χ0) is 25.0. The van der Waals surface area contributed by atoms with Gasteiger partial charge in [0.15, 0.2) is 0 Å². The fourth-order valence-electron chi connectivity index (χ4n) is 5.84. The summed E-state index contributed by atoms with van der Waals surface area (Å²) in [5, 5.41) is 0. The van der Waals surface area contributed by atoms with Gasteiger partial charge >= 0.3 is 0 Å². The van der Waals surface area contributed by atoms with E-state index < -0.39 is 0 Å². The molecule has 37 heavy (non-hydrogen) atoms. The normalized spacial score (nSPS) is 26.1. The molecule has 2 aromatic heterocycles. The van der Waals surface area contributed by atoms with Crippen molar-refractivity contribution < 1.29 is 9.53 Å². The summed E-state index contributed by atoms with van der Waals surface area (Å²) in [6.07, 6.45) is 7.29. The van der Waals surface area contributed by atoms with Crippen LogP contribution in [0.5, 0.6) is 0 Å². The van der Waals surface area contributed by atoms with Crippen molar-refractivity contribution in [3.63, 3.8) is 0 Å². The van der Waals surface area contributed by atoms with Gasteiger partial charge in [-0.25, -0.2) is 15.0 Å². The number of rotatable bonds is 5. The highest BCUT2D eigenvalue weighted by atomic mass is 35.5. The fraction of sp³-hybridized carbons (Fsp3) is 0.640. The Bertz CT molecular complexity index is 1160. The van der Waals surface area contributed by atoms with Crippen LogP contribution in [0.15, 0.2) is 12.4 Å². The molecular formula is C25H36ClN9O2. The highest BCUT2D eigenvalue weighted by Gasteiger charge is 2.46. The number of anilines is 3. The molecule has 0 unspecified atom stereocenters. The van der Waals surface area contributed by atoms with Crippen LogP contribution in [0.25, 0.3) is 11.3 Å². The number of hydrogen-bond acceptors (Lipinski definition) is 10. The quantitative estimate of drug-likeness (QED) is 0.581. The van der Waals surface area contributed by atoms with Crippen molar-refractivity contribution >= 4 is 36.0 Å². The first-order valence-electron chi connectivity index (χ1n) is 13.0.